The van der Waals surface area contributed by atoms with Gasteiger partial charge >= 0.3 is 5.97 Å². The monoisotopic (exact) mass is 213 g/mol. The lowest BCUT2D eigenvalue weighted by Gasteiger charge is -2.16. The number of hydrogen-bond donors (Lipinski definition) is 1. The summed E-state index contributed by atoms with van der Waals surface area (Å²) in [5.41, 5.74) is 0. The zero-order chi connectivity index (χ0) is 11.3. The Bertz CT molecular complexity index is 236. The molecule has 0 unspecified atom stereocenters. The van der Waals surface area contributed by atoms with E-state index in [0.717, 1.165) is 19.3 Å². The predicted octanol–water partition coefficient (Wildman–Crippen LogP) is 1.24. The van der Waals surface area contributed by atoms with Gasteiger partial charge in [0.1, 0.15) is 0 Å². The number of esters is 1. The minimum atomic E-state index is -0.247. The molecule has 86 valence electrons. The van der Waals surface area contributed by atoms with Gasteiger partial charge in [0.15, 0.2) is 0 Å². The van der Waals surface area contributed by atoms with Crippen molar-refractivity contribution in [1.82, 2.24) is 5.32 Å². The van der Waals surface area contributed by atoms with Gasteiger partial charge in [-0.2, -0.15) is 0 Å². The Morgan fingerprint density at radius 3 is 2.60 bits per heavy atom. The van der Waals surface area contributed by atoms with Crippen LogP contribution in [0.3, 0.4) is 0 Å². The van der Waals surface area contributed by atoms with Gasteiger partial charge in [-0.15, -0.1) is 0 Å². The van der Waals surface area contributed by atoms with E-state index in [-0.39, 0.29) is 17.9 Å². The van der Waals surface area contributed by atoms with Gasteiger partial charge in [-0.25, -0.2) is 0 Å². The van der Waals surface area contributed by atoms with Gasteiger partial charge in [-0.05, 0) is 25.2 Å². The molecule has 15 heavy (non-hydrogen) atoms. The summed E-state index contributed by atoms with van der Waals surface area (Å²) < 4.78 is 4.61. The van der Waals surface area contributed by atoms with Crippen molar-refractivity contribution < 1.29 is 14.3 Å². The van der Waals surface area contributed by atoms with Crippen LogP contribution in [-0.4, -0.2) is 25.0 Å². The Morgan fingerprint density at radius 1 is 1.47 bits per heavy atom. The maximum atomic E-state index is 11.4. The number of methoxy groups -OCH3 is 1. The molecule has 0 aromatic carbocycles. The number of nitrogens with one attached hydrogen (secondary N) is 1. The predicted molar refractivity (Wildman–Crippen MR) is 56.2 cm³/mol. The first kappa shape index (κ1) is 12.0. The maximum absolute atomic E-state index is 11.4. The van der Waals surface area contributed by atoms with E-state index in [9.17, 15) is 9.59 Å². The first-order chi connectivity index (χ1) is 7.17. The standard InChI is InChI=1S/C11H19NO3/c1-3-4-10(13)12-9(8-5-6-8)7-11(14)15-2/h8-9H,3-7H2,1-2H3,(H,12,13)/t9-/m1/s1. The van der Waals surface area contributed by atoms with Crippen molar-refractivity contribution in [3.63, 3.8) is 0 Å². The molecule has 1 N–H and O–H groups in total. The first-order valence-electron chi connectivity index (χ1n) is 5.53. The second-order valence-corrected chi connectivity index (χ2v) is 4.04. The molecule has 1 fully saturated rings. The lowest BCUT2D eigenvalue weighted by Crippen LogP contribution is -2.38. The van der Waals surface area contributed by atoms with E-state index in [1.807, 2.05) is 6.92 Å². The van der Waals surface area contributed by atoms with Gasteiger partial charge < -0.3 is 10.1 Å². The van der Waals surface area contributed by atoms with Crippen LogP contribution >= 0.6 is 0 Å². The van der Waals surface area contributed by atoms with Gasteiger partial charge in [0, 0.05) is 12.5 Å². The zero-order valence-electron chi connectivity index (χ0n) is 9.41. The van der Waals surface area contributed by atoms with Crippen molar-refractivity contribution in [3.05, 3.63) is 0 Å². The van der Waals surface area contributed by atoms with E-state index in [0.29, 0.717) is 18.8 Å². The fraction of sp³-hybridized carbons (Fsp3) is 0.818. The fourth-order valence-corrected chi connectivity index (χ4v) is 1.60. The van der Waals surface area contributed by atoms with Crippen LogP contribution in [0.25, 0.3) is 0 Å². The summed E-state index contributed by atoms with van der Waals surface area (Å²) in [5, 5.41) is 2.91. The molecule has 1 aliphatic carbocycles. The van der Waals surface area contributed by atoms with E-state index in [4.69, 9.17) is 0 Å². The number of rotatable bonds is 6. The molecule has 0 heterocycles. The molecule has 0 bridgehead atoms. The van der Waals surface area contributed by atoms with Gasteiger partial charge in [0.2, 0.25) is 5.91 Å². The molecule has 1 rings (SSSR count). The van der Waals surface area contributed by atoms with E-state index in [2.05, 4.69) is 10.1 Å². The third kappa shape index (κ3) is 4.32. The number of ether oxygens (including phenoxy) is 1. The van der Waals surface area contributed by atoms with Crippen molar-refractivity contribution >= 4 is 11.9 Å². The van der Waals surface area contributed by atoms with E-state index in [1.165, 1.54) is 7.11 Å². The van der Waals surface area contributed by atoms with Crippen LogP contribution in [-0.2, 0) is 14.3 Å². The highest BCUT2D eigenvalue weighted by Crippen LogP contribution is 2.34. The average Bonchev–Trinajstić information content (AvgIpc) is 3.00. The molecular formula is C11H19NO3. The molecular weight excluding hydrogens is 194 g/mol. The highest BCUT2D eigenvalue weighted by atomic mass is 16.5. The van der Waals surface area contributed by atoms with Crippen LogP contribution in [0.4, 0.5) is 0 Å². The quantitative estimate of drug-likeness (QED) is 0.675. The second kappa shape index (κ2) is 5.73. The average molecular weight is 213 g/mol. The van der Waals surface area contributed by atoms with Crippen LogP contribution < -0.4 is 5.32 Å². The van der Waals surface area contributed by atoms with Crippen LogP contribution in [0.15, 0.2) is 0 Å². The van der Waals surface area contributed by atoms with Crippen molar-refractivity contribution in [3.8, 4) is 0 Å². The van der Waals surface area contributed by atoms with E-state index in [1.54, 1.807) is 0 Å². The van der Waals surface area contributed by atoms with Crippen LogP contribution in [0.5, 0.6) is 0 Å². The first-order valence-corrected chi connectivity index (χ1v) is 5.53. The summed E-state index contributed by atoms with van der Waals surface area (Å²) in [5.74, 6) is 0.270. The van der Waals surface area contributed by atoms with Crippen molar-refractivity contribution in [2.45, 2.75) is 45.1 Å². The molecule has 4 heteroatoms. The zero-order valence-corrected chi connectivity index (χ0v) is 9.41. The molecule has 0 aromatic rings. The molecule has 1 aliphatic rings. The van der Waals surface area contributed by atoms with E-state index < -0.39 is 0 Å². The maximum Gasteiger partial charge on any atom is 0.307 e. The van der Waals surface area contributed by atoms with Gasteiger partial charge in [0.05, 0.1) is 13.5 Å². The van der Waals surface area contributed by atoms with Crippen LogP contribution in [0.1, 0.15) is 39.0 Å². The SMILES string of the molecule is CCCC(=O)N[C@H](CC(=O)OC)C1CC1. The molecule has 0 radical (unpaired) electrons. The number of hydrogen-bond acceptors (Lipinski definition) is 3. The summed E-state index contributed by atoms with van der Waals surface area (Å²) in [7, 11) is 1.38. The van der Waals surface area contributed by atoms with Gasteiger partial charge in [-0.1, -0.05) is 6.92 Å². The Hall–Kier alpha value is -1.06. The minimum absolute atomic E-state index is 0.0171. The van der Waals surface area contributed by atoms with Gasteiger partial charge in [0.25, 0.3) is 0 Å². The minimum Gasteiger partial charge on any atom is -0.469 e. The number of carbonyl (C=O) groups is 2. The Balaban J connectivity index is 2.36. The smallest absolute Gasteiger partial charge is 0.307 e. The topological polar surface area (TPSA) is 55.4 Å². The Labute approximate surface area is 90.4 Å². The number of amides is 1. The molecule has 0 aliphatic heterocycles. The molecule has 0 aromatic heterocycles. The van der Waals surface area contributed by atoms with Gasteiger partial charge in [-0.3, -0.25) is 9.59 Å². The largest absolute Gasteiger partial charge is 0.469 e. The Morgan fingerprint density at radius 2 is 2.13 bits per heavy atom. The summed E-state index contributed by atoms with van der Waals surface area (Å²) in [6.45, 7) is 1.96. The van der Waals surface area contributed by atoms with Crippen LogP contribution in [0.2, 0.25) is 0 Å². The molecule has 1 atom stereocenters. The molecule has 0 saturated heterocycles. The number of carbonyl (C=O) groups excluding carboxylic acids is 2. The van der Waals surface area contributed by atoms with E-state index >= 15 is 0 Å². The van der Waals surface area contributed by atoms with Crippen molar-refractivity contribution in [1.29, 1.82) is 0 Å². The molecule has 4 nitrogen and oxygen atoms in total. The molecule has 0 spiro atoms. The summed E-state index contributed by atoms with van der Waals surface area (Å²) in [6.07, 6.45) is 3.88. The molecule has 1 saturated carbocycles. The van der Waals surface area contributed by atoms with Crippen LogP contribution in [0, 0.1) is 5.92 Å². The third-order valence-electron chi connectivity index (χ3n) is 2.63. The Kier molecular flexibility index (Phi) is 4.59. The summed E-state index contributed by atoms with van der Waals surface area (Å²) >= 11 is 0. The van der Waals surface area contributed by atoms with Crippen molar-refractivity contribution in [2.75, 3.05) is 7.11 Å². The highest BCUT2D eigenvalue weighted by molar-refractivity contribution is 5.77. The lowest BCUT2D eigenvalue weighted by molar-refractivity contribution is -0.141. The second-order valence-electron chi connectivity index (χ2n) is 4.04. The normalized spacial score (nSPS) is 16.9. The third-order valence-corrected chi connectivity index (χ3v) is 2.63. The fourth-order valence-electron chi connectivity index (χ4n) is 1.60. The lowest BCUT2D eigenvalue weighted by atomic mass is 10.1. The summed E-state index contributed by atoms with van der Waals surface area (Å²) in [4.78, 5) is 22.5. The molecule has 1 amide bonds. The van der Waals surface area contributed by atoms with Crippen molar-refractivity contribution in [2.24, 2.45) is 5.92 Å². The highest BCUT2D eigenvalue weighted by Gasteiger charge is 2.33. The summed E-state index contributed by atoms with van der Waals surface area (Å²) in [6, 6.07) is -0.0171.